The van der Waals surface area contributed by atoms with E-state index in [4.69, 9.17) is 10.8 Å². The second-order valence-corrected chi connectivity index (χ2v) is 3.82. The van der Waals surface area contributed by atoms with Crippen LogP contribution in [0.15, 0.2) is 0 Å². The molecule has 1 amide bonds. The van der Waals surface area contributed by atoms with Crippen molar-refractivity contribution < 1.29 is 9.90 Å². The maximum Gasteiger partial charge on any atom is 0.407 e. The quantitative estimate of drug-likeness (QED) is 0.644. The third-order valence-electron chi connectivity index (χ3n) is 2.79. The third-order valence-corrected chi connectivity index (χ3v) is 2.79. The van der Waals surface area contributed by atoms with Crippen molar-refractivity contribution in [1.82, 2.24) is 4.90 Å². The summed E-state index contributed by atoms with van der Waals surface area (Å²) in [4.78, 5) is 12.2. The number of hydrogen-bond donors (Lipinski definition) is 2. The Kier molecular flexibility index (Phi) is 3.54. The minimum absolute atomic E-state index is 0.189. The van der Waals surface area contributed by atoms with E-state index in [0.717, 1.165) is 19.3 Å². The first-order valence-electron chi connectivity index (χ1n) is 4.84. The molecule has 1 rings (SSSR count). The van der Waals surface area contributed by atoms with Crippen molar-refractivity contribution in [1.29, 1.82) is 0 Å². The van der Waals surface area contributed by atoms with Crippen LogP contribution in [-0.4, -0.2) is 35.2 Å². The van der Waals surface area contributed by atoms with E-state index in [0.29, 0.717) is 19.0 Å². The fourth-order valence-electron chi connectivity index (χ4n) is 1.84. The Morgan fingerprint density at radius 1 is 1.54 bits per heavy atom. The molecule has 1 fully saturated rings. The van der Waals surface area contributed by atoms with E-state index in [1.54, 1.807) is 0 Å². The second kappa shape index (κ2) is 4.46. The van der Waals surface area contributed by atoms with Gasteiger partial charge in [0.05, 0.1) is 0 Å². The van der Waals surface area contributed by atoms with Crippen LogP contribution >= 0.6 is 0 Å². The molecule has 0 aromatic rings. The number of nitrogens with zero attached hydrogens (tertiary/aromatic N) is 1. The zero-order valence-electron chi connectivity index (χ0n) is 8.07. The van der Waals surface area contributed by atoms with Gasteiger partial charge < -0.3 is 15.7 Å². The van der Waals surface area contributed by atoms with Crippen LogP contribution in [0.5, 0.6) is 0 Å². The highest BCUT2D eigenvalue weighted by atomic mass is 16.4. The molecule has 0 aromatic heterocycles. The molecule has 0 aromatic carbocycles. The number of amides is 1. The van der Waals surface area contributed by atoms with E-state index in [9.17, 15) is 4.79 Å². The molecule has 1 heterocycles. The monoisotopic (exact) mass is 186 g/mol. The van der Waals surface area contributed by atoms with Gasteiger partial charge in [-0.2, -0.15) is 0 Å². The first kappa shape index (κ1) is 10.3. The predicted molar refractivity (Wildman–Crippen MR) is 50.6 cm³/mol. The molecule has 1 saturated heterocycles. The van der Waals surface area contributed by atoms with Gasteiger partial charge in [0.2, 0.25) is 0 Å². The van der Waals surface area contributed by atoms with Crippen molar-refractivity contribution in [3.8, 4) is 0 Å². The largest absolute Gasteiger partial charge is 0.465 e. The van der Waals surface area contributed by atoms with Gasteiger partial charge in [-0.1, -0.05) is 0 Å². The van der Waals surface area contributed by atoms with Crippen molar-refractivity contribution in [2.24, 2.45) is 11.7 Å². The summed E-state index contributed by atoms with van der Waals surface area (Å²) < 4.78 is 0. The van der Waals surface area contributed by atoms with Crippen molar-refractivity contribution in [3.05, 3.63) is 0 Å². The lowest BCUT2D eigenvalue weighted by Crippen LogP contribution is -2.31. The molecule has 2 unspecified atom stereocenters. The first-order valence-corrected chi connectivity index (χ1v) is 4.84. The van der Waals surface area contributed by atoms with Crippen LogP contribution in [-0.2, 0) is 0 Å². The fraction of sp³-hybridized carbons (Fsp3) is 0.889. The van der Waals surface area contributed by atoms with Crippen molar-refractivity contribution in [2.45, 2.75) is 32.2 Å². The van der Waals surface area contributed by atoms with E-state index in [1.807, 2.05) is 6.92 Å². The van der Waals surface area contributed by atoms with Gasteiger partial charge >= 0.3 is 6.09 Å². The van der Waals surface area contributed by atoms with Crippen LogP contribution < -0.4 is 5.73 Å². The Balaban J connectivity index is 2.44. The Hall–Kier alpha value is -0.770. The van der Waals surface area contributed by atoms with Crippen molar-refractivity contribution in [2.75, 3.05) is 13.1 Å². The molecule has 0 spiro atoms. The summed E-state index contributed by atoms with van der Waals surface area (Å²) in [5, 5.41) is 8.78. The number of carbonyl (C=O) groups is 1. The Morgan fingerprint density at radius 3 is 2.77 bits per heavy atom. The minimum Gasteiger partial charge on any atom is -0.465 e. The van der Waals surface area contributed by atoms with Crippen LogP contribution in [0.3, 0.4) is 0 Å². The average Bonchev–Trinajstić information content (AvgIpc) is 2.27. The van der Waals surface area contributed by atoms with Gasteiger partial charge in [-0.05, 0) is 32.1 Å². The summed E-state index contributed by atoms with van der Waals surface area (Å²) in [5.74, 6) is 0.490. The molecule has 0 aliphatic carbocycles. The van der Waals surface area contributed by atoms with Crippen molar-refractivity contribution >= 4 is 6.09 Å². The topological polar surface area (TPSA) is 66.6 Å². The molecule has 76 valence electrons. The van der Waals surface area contributed by atoms with E-state index in [-0.39, 0.29) is 6.04 Å². The average molecular weight is 186 g/mol. The summed E-state index contributed by atoms with van der Waals surface area (Å²) in [7, 11) is 0. The molecule has 0 radical (unpaired) electrons. The van der Waals surface area contributed by atoms with Gasteiger partial charge in [-0.15, -0.1) is 0 Å². The van der Waals surface area contributed by atoms with E-state index in [1.165, 1.54) is 4.90 Å². The lowest BCUT2D eigenvalue weighted by atomic mass is 9.94. The predicted octanol–water partition coefficient (Wildman–Crippen LogP) is 1.11. The lowest BCUT2D eigenvalue weighted by molar-refractivity contribution is 0.146. The van der Waals surface area contributed by atoms with Crippen LogP contribution in [0.4, 0.5) is 4.79 Å². The lowest BCUT2D eigenvalue weighted by Gasteiger charge is -2.18. The number of rotatable bonds is 1. The SMILES string of the molecule is CC(N)C1CCCN(C(=O)O)CC1. The highest BCUT2D eigenvalue weighted by molar-refractivity contribution is 5.64. The zero-order valence-corrected chi connectivity index (χ0v) is 8.07. The zero-order chi connectivity index (χ0) is 9.84. The molecule has 4 nitrogen and oxygen atoms in total. The van der Waals surface area contributed by atoms with Crippen molar-refractivity contribution in [3.63, 3.8) is 0 Å². The molecule has 3 N–H and O–H groups in total. The molecule has 0 saturated carbocycles. The molecule has 4 heteroatoms. The molecule has 1 aliphatic rings. The summed E-state index contributed by atoms with van der Waals surface area (Å²) >= 11 is 0. The molecule has 2 atom stereocenters. The molecular formula is C9H18N2O2. The third kappa shape index (κ3) is 2.88. The van der Waals surface area contributed by atoms with Gasteiger partial charge in [0.15, 0.2) is 0 Å². The normalized spacial score (nSPS) is 26.6. The van der Waals surface area contributed by atoms with Gasteiger partial charge in [-0.3, -0.25) is 0 Å². The van der Waals surface area contributed by atoms with Crippen LogP contribution in [0.1, 0.15) is 26.2 Å². The standard InChI is InChI=1S/C9H18N2O2/c1-7(10)8-3-2-5-11(6-4-8)9(12)13/h7-8H,2-6,10H2,1H3,(H,12,13). The Labute approximate surface area is 78.7 Å². The number of likely N-dealkylation sites (tertiary alicyclic amines) is 1. The molecular weight excluding hydrogens is 168 g/mol. The maximum atomic E-state index is 10.7. The fourth-order valence-corrected chi connectivity index (χ4v) is 1.84. The molecule has 0 bridgehead atoms. The maximum absolute atomic E-state index is 10.7. The number of hydrogen-bond acceptors (Lipinski definition) is 2. The summed E-state index contributed by atoms with van der Waals surface area (Å²) in [6.07, 6.45) is 2.11. The smallest absolute Gasteiger partial charge is 0.407 e. The minimum atomic E-state index is -0.801. The highest BCUT2D eigenvalue weighted by Gasteiger charge is 2.21. The number of nitrogens with two attached hydrogens (primary N) is 1. The summed E-state index contributed by atoms with van der Waals surface area (Å²) in [6.45, 7) is 3.31. The Bertz CT molecular complexity index is 182. The van der Waals surface area contributed by atoms with E-state index < -0.39 is 6.09 Å². The van der Waals surface area contributed by atoms with E-state index in [2.05, 4.69) is 0 Å². The van der Waals surface area contributed by atoms with Gasteiger partial charge in [0, 0.05) is 19.1 Å². The van der Waals surface area contributed by atoms with Gasteiger partial charge in [0.1, 0.15) is 0 Å². The van der Waals surface area contributed by atoms with Crippen LogP contribution in [0.25, 0.3) is 0 Å². The van der Waals surface area contributed by atoms with Gasteiger partial charge in [0.25, 0.3) is 0 Å². The summed E-state index contributed by atoms with van der Waals surface area (Å²) in [6, 6.07) is 0.189. The highest BCUT2D eigenvalue weighted by Crippen LogP contribution is 2.19. The molecule has 1 aliphatic heterocycles. The number of carboxylic acid groups (broad SMARTS) is 1. The first-order chi connectivity index (χ1) is 6.11. The second-order valence-electron chi connectivity index (χ2n) is 3.82. The van der Waals surface area contributed by atoms with Crippen LogP contribution in [0.2, 0.25) is 0 Å². The summed E-state index contributed by atoms with van der Waals surface area (Å²) in [5.41, 5.74) is 5.79. The molecule has 13 heavy (non-hydrogen) atoms. The Morgan fingerprint density at radius 2 is 2.23 bits per heavy atom. The van der Waals surface area contributed by atoms with E-state index >= 15 is 0 Å². The van der Waals surface area contributed by atoms with Gasteiger partial charge in [-0.25, -0.2) is 4.79 Å². The van der Waals surface area contributed by atoms with Crippen LogP contribution in [0, 0.1) is 5.92 Å².